The third kappa shape index (κ3) is 5.87. The van der Waals surface area contributed by atoms with Crippen LogP contribution in [0, 0.1) is 0 Å². The van der Waals surface area contributed by atoms with Gasteiger partial charge in [0.05, 0.1) is 6.61 Å². The third-order valence-electron chi connectivity index (χ3n) is 4.26. The van der Waals surface area contributed by atoms with Gasteiger partial charge in [-0.05, 0) is 37.5 Å². The quantitative estimate of drug-likeness (QED) is 0.726. The van der Waals surface area contributed by atoms with Crippen molar-refractivity contribution in [3.8, 4) is 0 Å². The fraction of sp³-hybridized carbons (Fsp3) is 0.526. The number of carbonyl (C=O) groups is 1. The zero-order valence-corrected chi connectivity index (χ0v) is 15.1. The maximum Gasteiger partial charge on any atom is 0.253 e. The fourth-order valence-corrected chi connectivity index (χ4v) is 4.48. The Balaban J connectivity index is 1.91. The van der Waals surface area contributed by atoms with E-state index in [1.54, 1.807) is 13.0 Å². The van der Waals surface area contributed by atoms with Crippen LogP contribution < -0.4 is 5.32 Å². The van der Waals surface area contributed by atoms with Crippen molar-refractivity contribution in [3.63, 3.8) is 0 Å². The normalized spacial score (nSPS) is 17.9. The van der Waals surface area contributed by atoms with E-state index in [2.05, 4.69) is 11.9 Å². The van der Waals surface area contributed by atoms with Gasteiger partial charge < -0.3 is 10.1 Å². The van der Waals surface area contributed by atoms with E-state index in [9.17, 15) is 9.00 Å². The van der Waals surface area contributed by atoms with Crippen molar-refractivity contribution in [1.82, 2.24) is 0 Å². The molecular weight excluding hydrogens is 322 g/mol. The van der Waals surface area contributed by atoms with E-state index in [4.69, 9.17) is 4.74 Å². The summed E-state index contributed by atoms with van der Waals surface area (Å²) in [5.41, 5.74) is 1.71. The number of ether oxygens (including phenoxy) is 1. The first-order chi connectivity index (χ1) is 11.6. The molecule has 0 aromatic heterocycles. The molecule has 1 N–H and O–H groups in total. The van der Waals surface area contributed by atoms with Gasteiger partial charge in [0.15, 0.2) is 0 Å². The minimum Gasteiger partial charge on any atom is -0.365 e. The van der Waals surface area contributed by atoms with E-state index in [0.717, 1.165) is 18.4 Å². The third-order valence-corrected chi connectivity index (χ3v) is 6.09. The average Bonchev–Trinajstić information content (AvgIpc) is 2.60. The maximum atomic E-state index is 12.5. The van der Waals surface area contributed by atoms with E-state index < -0.39 is 16.9 Å². The Morgan fingerprint density at radius 2 is 2.17 bits per heavy atom. The summed E-state index contributed by atoms with van der Waals surface area (Å²) in [7, 11) is -0.840. The maximum absolute atomic E-state index is 12.5. The lowest BCUT2D eigenvalue weighted by molar-refractivity contribution is -0.125. The SMILES string of the molecule is C=CCO[C@H](C)C(=O)Nc1cccc(C[S@@](=O)C2CCCCC2)c1. The standard InChI is InChI=1S/C19H27NO3S/c1-3-12-23-15(2)19(21)20-17-9-7-8-16(13-17)14-24(22)18-10-5-4-6-11-18/h3,7-9,13,15,18H,1,4-6,10-12,14H2,2H3,(H,20,21)/t15-,24-/m1/s1. The molecule has 4 nitrogen and oxygen atoms in total. The first-order valence-corrected chi connectivity index (χ1v) is 9.98. The smallest absolute Gasteiger partial charge is 0.253 e. The van der Waals surface area contributed by atoms with E-state index in [1.807, 2.05) is 24.3 Å². The number of nitrogens with one attached hydrogen (secondary N) is 1. The minimum absolute atomic E-state index is 0.192. The molecule has 1 aromatic rings. The molecule has 1 amide bonds. The van der Waals surface area contributed by atoms with Crippen LogP contribution in [0.25, 0.3) is 0 Å². The van der Waals surface area contributed by atoms with Gasteiger partial charge in [0.2, 0.25) is 0 Å². The average molecular weight is 349 g/mol. The molecule has 2 rings (SSSR count). The highest BCUT2D eigenvalue weighted by Crippen LogP contribution is 2.24. The van der Waals surface area contributed by atoms with Crippen LogP contribution in [0.3, 0.4) is 0 Å². The second-order valence-corrected chi connectivity index (χ2v) is 7.96. The number of hydrogen-bond donors (Lipinski definition) is 1. The summed E-state index contributed by atoms with van der Waals surface area (Å²) in [5, 5.41) is 3.17. The lowest BCUT2D eigenvalue weighted by Crippen LogP contribution is -2.27. The lowest BCUT2D eigenvalue weighted by atomic mass is 10.0. The Hall–Kier alpha value is -1.46. The van der Waals surface area contributed by atoms with Crippen molar-refractivity contribution in [3.05, 3.63) is 42.5 Å². The summed E-state index contributed by atoms with van der Waals surface area (Å²) in [6, 6.07) is 7.59. The zero-order valence-electron chi connectivity index (χ0n) is 14.3. The van der Waals surface area contributed by atoms with Gasteiger partial charge in [-0.25, -0.2) is 0 Å². The topological polar surface area (TPSA) is 55.4 Å². The van der Waals surface area contributed by atoms with Crippen molar-refractivity contribution in [2.45, 2.75) is 56.1 Å². The second kappa shape index (κ2) is 9.74. The van der Waals surface area contributed by atoms with Crippen LogP contribution >= 0.6 is 0 Å². The number of hydrogen-bond acceptors (Lipinski definition) is 3. The second-order valence-electron chi connectivity index (χ2n) is 6.24. The molecule has 1 saturated carbocycles. The van der Waals surface area contributed by atoms with Gasteiger partial charge in [0.1, 0.15) is 6.10 Å². The summed E-state index contributed by atoms with van der Waals surface area (Å²) < 4.78 is 17.8. The van der Waals surface area contributed by atoms with Gasteiger partial charge in [-0.1, -0.05) is 37.5 Å². The largest absolute Gasteiger partial charge is 0.365 e. The van der Waals surface area contributed by atoms with Crippen LogP contribution in [-0.2, 0) is 26.1 Å². The van der Waals surface area contributed by atoms with Crippen molar-refractivity contribution in [1.29, 1.82) is 0 Å². The molecule has 5 heteroatoms. The molecule has 24 heavy (non-hydrogen) atoms. The van der Waals surface area contributed by atoms with Crippen LogP contribution in [0.15, 0.2) is 36.9 Å². The highest BCUT2D eigenvalue weighted by atomic mass is 32.2. The van der Waals surface area contributed by atoms with E-state index in [0.29, 0.717) is 23.3 Å². The molecule has 0 spiro atoms. The van der Waals surface area contributed by atoms with Gasteiger partial charge in [0.25, 0.3) is 5.91 Å². The first kappa shape index (κ1) is 18.9. The van der Waals surface area contributed by atoms with Crippen LogP contribution in [0.4, 0.5) is 5.69 Å². The van der Waals surface area contributed by atoms with Crippen molar-refractivity contribution in [2.75, 3.05) is 11.9 Å². The van der Waals surface area contributed by atoms with Gasteiger partial charge in [-0.3, -0.25) is 9.00 Å². The van der Waals surface area contributed by atoms with Gasteiger partial charge in [0, 0.05) is 27.5 Å². The number of amides is 1. The summed E-state index contributed by atoms with van der Waals surface area (Å²) in [6.45, 7) is 5.62. The molecule has 132 valence electrons. The summed E-state index contributed by atoms with van der Waals surface area (Å²) >= 11 is 0. The Morgan fingerprint density at radius 3 is 2.88 bits per heavy atom. The first-order valence-electron chi connectivity index (χ1n) is 8.59. The molecular formula is C19H27NO3S. The molecule has 0 bridgehead atoms. The molecule has 0 saturated heterocycles. The van der Waals surface area contributed by atoms with Crippen LogP contribution in [0.5, 0.6) is 0 Å². The summed E-state index contributed by atoms with van der Waals surface area (Å²) in [6.07, 6.45) is 6.86. The highest BCUT2D eigenvalue weighted by molar-refractivity contribution is 7.84. The van der Waals surface area contributed by atoms with Crippen LogP contribution in [-0.4, -0.2) is 28.1 Å². The van der Waals surface area contributed by atoms with Gasteiger partial charge in [-0.2, -0.15) is 0 Å². The number of rotatable bonds is 8. The summed E-state index contributed by atoms with van der Waals surface area (Å²) in [5.74, 6) is 0.360. The monoisotopic (exact) mass is 349 g/mol. The van der Waals surface area contributed by atoms with Gasteiger partial charge >= 0.3 is 0 Å². The number of benzene rings is 1. The predicted octanol–water partition coefficient (Wildman–Crippen LogP) is 3.80. The zero-order chi connectivity index (χ0) is 17.4. The highest BCUT2D eigenvalue weighted by Gasteiger charge is 2.20. The minimum atomic E-state index is -0.840. The molecule has 0 radical (unpaired) electrons. The molecule has 1 aliphatic carbocycles. The fourth-order valence-electron chi connectivity index (χ4n) is 2.88. The Labute approximate surface area is 147 Å². The summed E-state index contributed by atoms with van der Waals surface area (Å²) in [4.78, 5) is 12.1. The van der Waals surface area contributed by atoms with E-state index >= 15 is 0 Å². The van der Waals surface area contributed by atoms with Crippen LogP contribution in [0.1, 0.15) is 44.6 Å². The number of anilines is 1. The molecule has 1 aromatic carbocycles. The lowest BCUT2D eigenvalue weighted by Gasteiger charge is -2.21. The number of carbonyl (C=O) groups excluding carboxylic acids is 1. The predicted molar refractivity (Wildman–Crippen MR) is 99.4 cm³/mol. The Kier molecular flexibility index (Phi) is 7.66. The molecule has 0 heterocycles. The van der Waals surface area contributed by atoms with E-state index in [-0.39, 0.29) is 5.91 Å². The van der Waals surface area contributed by atoms with Crippen molar-refractivity contribution < 1.29 is 13.7 Å². The van der Waals surface area contributed by atoms with E-state index in [1.165, 1.54) is 19.3 Å². The van der Waals surface area contributed by atoms with Crippen molar-refractivity contribution in [2.24, 2.45) is 0 Å². The van der Waals surface area contributed by atoms with Crippen LogP contribution in [0.2, 0.25) is 0 Å². The Morgan fingerprint density at radius 1 is 1.42 bits per heavy atom. The molecule has 0 unspecified atom stereocenters. The molecule has 1 aliphatic rings. The molecule has 1 fully saturated rings. The molecule has 0 aliphatic heterocycles. The van der Waals surface area contributed by atoms with Crippen molar-refractivity contribution >= 4 is 22.4 Å². The Bertz CT molecular complexity index is 582. The molecule has 2 atom stereocenters. The van der Waals surface area contributed by atoms with Gasteiger partial charge in [-0.15, -0.1) is 6.58 Å².